The van der Waals surface area contributed by atoms with Crippen LogP contribution in [0.2, 0.25) is 0 Å². The van der Waals surface area contributed by atoms with Crippen LogP contribution >= 0.6 is 0 Å². The van der Waals surface area contributed by atoms with E-state index in [1.54, 1.807) is 19.1 Å². The molecule has 0 bridgehead atoms. The van der Waals surface area contributed by atoms with E-state index in [1.165, 1.54) is 0 Å². The van der Waals surface area contributed by atoms with Crippen molar-refractivity contribution < 1.29 is 22.7 Å². The molecule has 3 atom stereocenters. The molecular formula is C22H32F3NO2. The molecule has 1 N–H and O–H groups in total. The second-order valence-electron chi connectivity index (χ2n) is 8.16. The third-order valence-electron chi connectivity index (χ3n) is 5.51. The zero-order valence-corrected chi connectivity index (χ0v) is 17.0. The van der Waals surface area contributed by atoms with Gasteiger partial charge in [-0.1, -0.05) is 26.0 Å². The number of halogens is 3. The van der Waals surface area contributed by atoms with Gasteiger partial charge in [-0.3, -0.25) is 4.79 Å². The second-order valence-corrected chi connectivity index (χ2v) is 8.16. The largest absolute Gasteiger partial charge is 0.466 e. The van der Waals surface area contributed by atoms with Crippen molar-refractivity contribution in [1.82, 2.24) is 5.32 Å². The number of ether oxygens (including phenoxy) is 1. The van der Waals surface area contributed by atoms with Crippen molar-refractivity contribution >= 4 is 5.97 Å². The van der Waals surface area contributed by atoms with Gasteiger partial charge in [0.15, 0.2) is 0 Å². The van der Waals surface area contributed by atoms with Crippen LogP contribution in [0.3, 0.4) is 0 Å². The van der Waals surface area contributed by atoms with Crippen LogP contribution in [0, 0.1) is 11.8 Å². The lowest BCUT2D eigenvalue weighted by Crippen LogP contribution is -2.40. The molecule has 1 saturated carbocycles. The summed E-state index contributed by atoms with van der Waals surface area (Å²) in [7, 11) is 0. The maximum absolute atomic E-state index is 12.9. The van der Waals surface area contributed by atoms with Crippen molar-refractivity contribution in [2.75, 3.05) is 13.2 Å². The summed E-state index contributed by atoms with van der Waals surface area (Å²) in [5.41, 5.74) is 0.281. The summed E-state index contributed by atoms with van der Waals surface area (Å²) < 4.78 is 43.8. The van der Waals surface area contributed by atoms with Gasteiger partial charge in [-0.05, 0) is 74.6 Å². The normalized spacial score (nSPS) is 23.0. The van der Waals surface area contributed by atoms with E-state index in [1.807, 2.05) is 0 Å². The highest BCUT2D eigenvalue weighted by Gasteiger charge is 2.34. The number of carbonyl (C=O) groups excluding carboxylic acids is 1. The average Bonchev–Trinajstić information content (AvgIpc) is 2.62. The topological polar surface area (TPSA) is 38.3 Å². The van der Waals surface area contributed by atoms with Crippen LogP contribution in [0.4, 0.5) is 13.2 Å². The van der Waals surface area contributed by atoms with E-state index in [-0.39, 0.29) is 23.8 Å². The first-order chi connectivity index (χ1) is 13.2. The van der Waals surface area contributed by atoms with Gasteiger partial charge in [0.25, 0.3) is 0 Å². The van der Waals surface area contributed by atoms with E-state index in [9.17, 15) is 18.0 Å². The molecule has 6 heteroatoms. The van der Waals surface area contributed by atoms with Crippen molar-refractivity contribution in [2.45, 2.75) is 71.0 Å². The Morgan fingerprint density at radius 2 is 1.89 bits per heavy atom. The maximum atomic E-state index is 12.9. The van der Waals surface area contributed by atoms with E-state index in [0.29, 0.717) is 18.9 Å². The molecule has 0 radical (unpaired) electrons. The molecule has 0 aromatic heterocycles. The Kier molecular flexibility index (Phi) is 8.35. The Morgan fingerprint density at radius 1 is 1.21 bits per heavy atom. The molecule has 0 aliphatic heterocycles. The number of alkyl halides is 3. The number of carbonyl (C=O) groups is 1. The number of esters is 1. The summed E-state index contributed by atoms with van der Waals surface area (Å²) in [5, 5.41) is 3.61. The van der Waals surface area contributed by atoms with Crippen LogP contribution in [0.1, 0.15) is 69.9 Å². The van der Waals surface area contributed by atoms with Gasteiger partial charge in [-0.15, -0.1) is 0 Å². The predicted octanol–water partition coefficient (Wildman–Crippen LogP) is 5.55. The van der Waals surface area contributed by atoms with Crippen LogP contribution in [0.25, 0.3) is 0 Å². The highest BCUT2D eigenvalue weighted by Crippen LogP contribution is 2.39. The first-order valence-electron chi connectivity index (χ1n) is 10.3. The van der Waals surface area contributed by atoms with Crippen LogP contribution < -0.4 is 5.32 Å². The molecule has 0 amide bonds. The van der Waals surface area contributed by atoms with Crippen molar-refractivity contribution in [3.8, 4) is 0 Å². The molecule has 1 aliphatic carbocycles. The van der Waals surface area contributed by atoms with Crippen LogP contribution in [0.5, 0.6) is 0 Å². The van der Waals surface area contributed by atoms with Gasteiger partial charge in [-0.2, -0.15) is 13.2 Å². The fourth-order valence-electron chi connectivity index (χ4n) is 3.99. The van der Waals surface area contributed by atoms with E-state index >= 15 is 0 Å². The molecule has 1 aliphatic rings. The Morgan fingerprint density at radius 3 is 2.46 bits per heavy atom. The van der Waals surface area contributed by atoms with Crippen molar-refractivity contribution in [2.24, 2.45) is 11.8 Å². The van der Waals surface area contributed by atoms with Crippen LogP contribution in [-0.2, 0) is 15.7 Å². The summed E-state index contributed by atoms with van der Waals surface area (Å²) in [6.45, 7) is 7.39. The molecule has 0 saturated heterocycles. The van der Waals surface area contributed by atoms with Crippen LogP contribution in [0.15, 0.2) is 24.3 Å². The van der Waals surface area contributed by atoms with E-state index in [4.69, 9.17) is 4.74 Å². The highest BCUT2D eigenvalue weighted by atomic mass is 19.4. The summed E-state index contributed by atoms with van der Waals surface area (Å²) >= 11 is 0. The van der Waals surface area contributed by atoms with Crippen molar-refractivity contribution in [3.63, 3.8) is 0 Å². The smallest absolute Gasteiger partial charge is 0.416 e. The number of nitrogens with one attached hydrogen (secondary N) is 1. The first kappa shape index (κ1) is 22.7. The van der Waals surface area contributed by atoms with Crippen LogP contribution in [-0.4, -0.2) is 25.2 Å². The summed E-state index contributed by atoms with van der Waals surface area (Å²) in [5.74, 6) is 0.708. The van der Waals surface area contributed by atoms with E-state index in [2.05, 4.69) is 19.2 Å². The second kappa shape index (κ2) is 10.3. The van der Waals surface area contributed by atoms with Gasteiger partial charge in [0, 0.05) is 12.5 Å². The average molecular weight is 399 g/mol. The third-order valence-corrected chi connectivity index (χ3v) is 5.51. The molecule has 1 aromatic rings. The van der Waals surface area contributed by atoms with Gasteiger partial charge in [-0.25, -0.2) is 0 Å². The number of hydrogen-bond acceptors (Lipinski definition) is 3. The number of hydrogen-bond donors (Lipinski definition) is 1. The molecule has 3 nitrogen and oxygen atoms in total. The molecular weight excluding hydrogens is 367 g/mol. The molecule has 0 heterocycles. The molecule has 3 unspecified atom stereocenters. The van der Waals surface area contributed by atoms with Gasteiger partial charge in [0.2, 0.25) is 0 Å². The zero-order valence-electron chi connectivity index (χ0n) is 17.0. The summed E-state index contributed by atoms with van der Waals surface area (Å²) in [6, 6.07) is 5.73. The Balaban J connectivity index is 2.12. The Bertz CT molecular complexity index is 613. The molecule has 2 rings (SSSR count). The first-order valence-corrected chi connectivity index (χ1v) is 10.3. The lowest BCUT2D eigenvalue weighted by Gasteiger charge is -2.37. The fourth-order valence-corrected chi connectivity index (χ4v) is 3.99. The van der Waals surface area contributed by atoms with E-state index < -0.39 is 11.7 Å². The van der Waals surface area contributed by atoms with Crippen molar-refractivity contribution in [3.05, 3.63) is 35.4 Å². The Labute approximate surface area is 166 Å². The molecule has 0 spiro atoms. The Hall–Kier alpha value is -1.56. The minimum Gasteiger partial charge on any atom is -0.466 e. The number of rotatable bonds is 8. The maximum Gasteiger partial charge on any atom is 0.416 e. The SMILES string of the molecule is CCOC(=O)CC1CCC(NCCC(C)C)C(c2ccc(C(F)(F)F)cc2)C1. The van der Waals surface area contributed by atoms with Gasteiger partial charge < -0.3 is 10.1 Å². The van der Waals surface area contributed by atoms with Gasteiger partial charge >= 0.3 is 12.1 Å². The third kappa shape index (κ3) is 6.80. The predicted molar refractivity (Wildman–Crippen MR) is 104 cm³/mol. The molecule has 158 valence electrons. The minimum absolute atomic E-state index is 0.0997. The lowest BCUT2D eigenvalue weighted by atomic mass is 9.73. The lowest BCUT2D eigenvalue weighted by molar-refractivity contribution is -0.144. The van der Waals surface area contributed by atoms with E-state index in [0.717, 1.165) is 49.9 Å². The monoisotopic (exact) mass is 399 g/mol. The quantitative estimate of drug-likeness (QED) is 0.583. The number of benzene rings is 1. The summed E-state index contributed by atoms with van der Waals surface area (Å²) in [6.07, 6.45) is -0.273. The highest BCUT2D eigenvalue weighted by molar-refractivity contribution is 5.69. The molecule has 1 fully saturated rings. The standard InChI is InChI=1S/C22H32F3NO2/c1-4-28-21(27)14-16-5-10-20(26-12-11-15(2)3)19(13-16)17-6-8-18(9-7-17)22(23,24)25/h6-9,15-16,19-20,26H,4-5,10-14H2,1-3H3. The molecule has 28 heavy (non-hydrogen) atoms. The van der Waals surface area contributed by atoms with Gasteiger partial charge in [0.05, 0.1) is 12.2 Å². The fraction of sp³-hybridized carbons (Fsp3) is 0.682. The summed E-state index contributed by atoms with van der Waals surface area (Å²) in [4.78, 5) is 11.9. The molecule has 1 aromatic carbocycles. The minimum atomic E-state index is -4.33. The van der Waals surface area contributed by atoms with Gasteiger partial charge in [0.1, 0.15) is 0 Å². The zero-order chi connectivity index (χ0) is 20.7. The van der Waals surface area contributed by atoms with Crippen molar-refractivity contribution in [1.29, 1.82) is 0 Å².